The molecule has 1 fully saturated rings. The van der Waals surface area contributed by atoms with Gasteiger partial charge in [0.1, 0.15) is 6.54 Å². The van der Waals surface area contributed by atoms with Crippen LogP contribution in [-0.2, 0) is 9.59 Å². The van der Waals surface area contributed by atoms with E-state index in [0.717, 1.165) is 41.8 Å². The highest BCUT2D eigenvalue weighted by atomic mass is 32.1. The Morgan fingerprint density at radius 1 is 1.14 bits per heavy atom. The number of rotatable bonds is 5. The first-order valence-corrected chi connectivity index (χ1v) is 10.7. The summed E-state index contributed by atoms with van der Waals surface area (Å²) in [5.41, 5.74) is 2.00. The van der Waals surface area contributed by atoms with Gasteiger partial charge in [-0.3, -0.25) is 9.59 Å². The molecule has 2 aromatic rings. The van der Waals surface area contributed by atoms with Gasteiger partial charge in [0, 0.05) is 19.4 Å². The van der Waals surface area contributed by atoms with Gasteiger partial charge < -0.3 is 4.90 Å². The number of thiophene rings is 1. The molecule has 1 aromatic carbocycles. The molecule has 1 aliphatic carbocycles. The first kappa shape index (κ1) is 18.9. The van der Waals surface area contributed by atoms with Gasteiger partial charge in [-0.2, -0.15) is 5.10 Å². The number of hydrogen-bond donors (Lipinski definition) is 0. The second kappa shape index (κ2) is 8.27. The first-order valence-electron chi connectivity index (χ1n) is 9.87. The van der Waals surface area contributed by atoms with E-state index in [1.807, 2.05) is 47.8 Å². The summed E-state index contributed by atoms with van der Waals surface area (Å²) in [5.74, 6) is 0.0319. The zero-order valence-electron chi connectivity index (χ0n) is 16.1. The molecule has 6 heteroatoms. The highest BCUT2D eigenvalue weighted by Crippen LogP contribution is 2.34. The van der Waals surface area contributed by atoms with Crippen molar-refractivity contribution >= 4 is 28.9 Å². The Morgan fingerprint density at radius 2 is 1.89 bits per heavy atom. The fraction of sp³-hybridized carbons (Fsp3) is 0.409. The second-order valence-corrected chi connectivity index (χ2v) is 8.52. The lowest BCUT2D eigenvalue weighted by Gasteiger charge is -2.26. The maximum atomic E-state index is 13.1. The summed E-state index contributed by atoms with van der Waals surface area (Å²) in [7, 11) is 1.73. The second-order valence-electron chi connectivity index (χ2n) is 7.57. The topological polar surface area (TPSA) is 53.0 Å². The largest absolute Gasteiger partial charge is 0.336 e. The minimum atomic E-state index is -0.130. The molecular formula is C22H25N3O2S. The van der Waals surface area contributed by atoms with Crippen LogP contribution in [0.25, 0.3) is 0 Å². The SMILES string of the molecule is CN(CC(=O)N1N=C(c2cccs2)C[C@@H]1c1ccccc1)C(=O)C1CCCC1. The molecule has 1 saturated carbocycles. The predicted octanol–water partition coefficient (Wildman–Crippen LogP) is 4.07. The summed E-state index contributed by atoms with van der Waals surface area (Å²) >= 11 is 1.63. The Balaban J connectivity index is 1.53. The number of benzene rings is 1. The van der Waals surface area contributed by atoms with E-state index in [9.17, 15) is 9.59 Å². The number of likely N-dealkylation sites (N-methyl/N-ethyl adjacent to an activating group) is 1. The Morgan fingerprint density at radius 3 is 2.57 bits per heavy atom. The number of amides is 2. The van der Waals surface area contributed by atoms with Crippen molar-refractivity contribution in [1.82, 2.24) is 9.91 Å². The Hall–Kier alpha value is -2.47. The lowest BCUT2D eigenvalue weighted by molar-refractivity contribution is -0.142. The first-order chi connectivity index (χ1) is 13.6. The van der Waals surface area contributed by atoms with Gasteiger partial charge in [-0.15, -0.1) is 11.3 Å². The molecule has 0 spiro atoms. The highest BCUT2D eigenvalue weighted by Gasteiger charge is 2.35. The molecule has 0 bridgehead atoms. The van der Waals surface area contributed by atoms with Crippen LogP contribution in [0.4, 0.5) is 0 Å². The molecule has 5 nitrogen and oxygen atoms in total. The van der Waals surface area contributed by atoms with Gasteiger partial charge in [0.05, 0.1) is 16.6 Å². The number of carbonyl (C=O) groups is 2. The van der Waals surface area contributed by atoms with Gasteiger partial charge in [0.2, 0.25) is 5.91 Å². The van der Waals surface area contributed by atoms with Crippen molar-refractivity contribution in [2.75, 3.05) is 13.6 Å². The Bertz CT molecular complexity index is 857. The van der Waals surface area contributed by atoms with E-state index in [1.54, 1.807) is 28.3 Å². The molecule has 2 amide bonds. The molecule has 0 radical (unpaired) electrons. The van der Waals surface area contributed by atoms with E-state index in [2.05, 4.69) is 5.10 Å². The third-order valence-electron chi connectivity index (χ3n) is 5.61. The maximum Gasteiger partial charge on any atom is 0.262 e. The van der Waals surface area contributed by atoms with Crippen LogP contribution in [0.5, 0.6) is 0 Å². The van der Waals surface area contributed by atoms with Gasteiger partial charge in [0.15, 0.2) is 0 Å². The molecule has 2 heterocycles. The van der Waals surface area contributed by atoms with Crippen molar-refractivity contribution in [3.63, 3.8) is 0 Å². The minimum Gasteiger partial charge on any atom is -0.336 e. The molecule has 2 aliphatic rings. The normalized spacial score (nSPS) is 19.7. The van der Waals surface area contributed by atoms with Crippen LogP contribution < -0.4 is 0 Å². The standard InChI is InChI=1S/C22H25N3O2S/c1-24(22(27)17-10-5-6-11-17)15-21(26)25-19(16-8-3-2-4-9-16)14-18(23-25)20-12-7-13-28-20/h2-4,7-9,12-13,17,19H,5-6,10-11,14-15H2,1H3/t19-/m1/s1. The average Bonchev–Trinajstić information content (AvgIpc) is 3.49. The lowest BCUT2D eigenvalue weighted by Crippen LogP contribution is -2.41. The van der Waals surface area contributed by atoms with Gasteiger partial charge >= 0.3 is 0 Å². The zero-order valence-corrected chi connectivity index (χ0v) is 16.9. The van der Waals surface area contributed by atoms with Crippen LogP contribution >= 0.6 is 11.3 Å². The van der Waals surface area contributed by atoms with E-state index < -0.39 is 0 Å². The molecule has 4 rings (SSSR count). The van der Waals surface area contributed by atoms with Gasteiger partial charge in [-0.05, 0) is 29.9 Å². The minimum absolute atomic E-state index is 0.0693. The van der Waals surface area contributed by atoms with Gasteiger partial charge in [0.25, 0.3) is 5.91 Å². The predicted molar refractivity (Wildman–Crippen MR) is 111 cm³/mol. The Labute approximate surface area is 169 Å². The van der Waals surface area contributed by atoms with Crippen LogP contribution in [0.3, 0.4) is 0 Å². The third-order valence-corrected chi connectivity index (χ3v) is 6.53. The average molecular weight is 396 g/mol. The molecule has 28 heavy (non-hydrogen) atoms. The van der Waals surface area contributed by atoms with Gasteiger partial charge in [-0.1, -0.05) is 49.2 Å². The van der Waals surface area contributed by atoms with Crippen molar-refractivity contribution < 1.29 is 9.59 Å². The van der Waals surface area contributed by atoms with E-state index >= 15 is 0 Å². The summed E-state index contributed by atoms with van der Waals surface area (Å²) in [5, 5.41) is 8.28. The van der Waals surface area contributed by atoms with Crippen molar-refractivity contribution in [2.45, 2.75) is 38.1 Å². The molecule has 1 aliphatic heterocycles. The molecule has 1 aromatic heterocycles. The smallest absolute Gasteiger partial charge is 0.262 e. The van der Waals surface area contributed by atoms with E-state index in [1.165, 1.54) is 0 Å². The summed E-state index contributed by atoms with van der Waals surface area (Å²) in [6.07, 6.45) is 4.78. The van der Waals surface area contributed by atoms with E-state index in [4.69, 9.17) is 0 Å². The van der Waals surface area contributed by atoms with Gasteiger partial charge in [-0.25, -0.2) is 5.01 Å². The molecule has 0 saturated heterocycles. The summed E-state index contributed by atoms with van der Waals surface area (Å²) in [6.45, 7) is 0.0693. The Kier molecular flexibility index (Phi) is 5.57. The number of hydrazone groups is 1. The quantitative estimate of drug-likeness (QED) is 0.766. The maximum absolute atomic E-state index is 13.1. The molecule has 0 N–H and O–H groups in total. The molecule has 0 unspecified atom stereocenters. The van der Waals surface area contributed by atoms with Crippen molar-refractivity contribution in [3.8, 4) is 0 Å². The van der Waals surface area contributed by atoms with E-state index in [-0.39, 0.29) is 30.3 Å². The van der Waals surface area contributed by atoms with E-state index in [0.29, 0.717) is 6.42 Å². The fourth-order valence-electron chi connectivity index (χ4n) is 4.10. The van der Waals surface area contributed by atoms with Crippen molar-refractivity contribution in [3.05, 3.63) is 58.3 Å². The van der Waals surface area contributed by atoms with Crippen LogP contribution in [0.1, 0.15) is 48.6 Å². The molecular weight excluding hydrogens is 370 g/mol. The van der Waals surface area contributed by atoms with Crippen molar-refractivity contribution in [1.29, 1.82) is 0 Å². The number of carbonyl (C=O) groups excluding carboxylic acids is 2. The summed E-state index contributed by atoms with van der Waals surface area (Å²) in [6, 6.07) is 13.9. The molecule has 1 atom stereocenters. The number of nitrogens with zero attached hydrogens (tertiary/aromatic N) is 3. The highest BCUT2D eigenvalue weighted by molar-refractivity contribution is 7.12. The van der Waals surface area contributed by atoms with Crippen LogP contribution in [0.15, 0.2) is 52.9 Å². The number of hydrogen-bond acceptors (Lipinski definition) is 4. The lowest BCUT2D eigenvalue weighted by atomic mass is 10.0. The molecule has 146 valence electrons. The summed E-state index contributed by atoms with van der Waals surface area (Å²) < 4.78 is 0. The van der Waals surface area contributed by atoms with Crippen molar-refractivity contribution in [2.24, 2.45) is 11.0 Å². The zero-order chi connectivity index (χ0) is 19.5. The third kappa shape index (κ3) is 3.87. The van der Waals surface area contributed by atoms with Crippen LogP contribution in [0.2, 0.25) is 0 Å². The monoisotopic (exact) mass is 395 g/mol. The van der Waals surface area contributed by atoms with Crippen LogP contribution in [0, 0.1) is 5.92 Å². The summed E-state index contributed by atoms with van der Waals surface area (Å²) in [4.78, 5) is 28.4. The fourth-order valence-corrected chi connectivity index (χ4v) is 4.83. The van der Waals surface area contributed by atoms with Crippen LogP contribution in [-0.4, -0.2) is 41.0 Å².